The van der Waals surface area contributed by atoms with Crippen molar-refractivity contribution in [2.75, 3.05) is 6.61 Å². The number of hydrogen-bond donors (Lipinski definition) is 1. The zero-order valence-corrected chi connectivity index (χ0v) is 7.43. The molecule has 0 fully saturated rings. The summed E-state index contributed by atoms with van der Waals surface area (Å²) in [5.74, 6) is 0.640. The summed E-state index contributed by atoms with van der Waals surface area (Å²) < 4.78 is 5.30. The van der Waals surface area contributed by atoms with Gasteiger partial charge in [0.1, 0.15) is 12.6 Å². The van der Waals surface area contributed by atoms with Gasteiger partial charge in [0, 0.05) is 12.0 Å². The van der Waals surface area contributed by atoms with Gasteiger partial charge in [0.05, 0.1) is 0 Å². The fraction of sp³-hybridized carbons (Fsp3) is 0.300. The highest BCUT2D eigenvalue weighted by Crippen LogP contribution is 2.33. The summed E-state index contributed by atoms with van der Waals surface area (Å²) in [5.41, 5.74) is 0.875. The second kappa shape index (κ2) is 3.52. The van der Waals surface area contributed by atoms with Crippen LogP contribution in [0.25, 0.3) is 0 Å². The van der Waals surface area contributed by atoms with Gasteiger partial charge in [0.15, 0.2) is 11.5 Å². The summed E-state index contributed by atoms with van der Waals surface area (Å²) in [6.07, 6.45) is 2.13. The third-order valence-electron chi connectivity index (χ3n) is 2.19. The lowest BCUT2D eigenvalue weighted by Gasteiger charge is -2.21. The molecule has 1 aliphatic heterocycles. The minimum absolute atomic E-state index is 0.135. The van der Waals surface area contributed by atoms with Crippen LogP contribution in [0.15, 0.2) is 23.2 Å². The van der Waals surface area contributed by atoms with Crippen LogP contribution in [0.1, 0.15) is 5.56 Å². The van der Waals surface area contributed by atoms with Gasteiger partial charge in [-0.3, -0.25) is 0 Å². The average Bonchev–Trinajstić information content (AvgIpc) is 2.18. The van der Waals surface area contributed by atoms with Crippen molar-refractivity contribution in [3.8, 4) is 11.5 Å². The van der Waals surface area contributed by atoms with E-state index in [-0.39, 0.29) is 11.8 Å². The quantitative estimate of drug-likeness (QED) is 0.532. The van der Waals surface area contributed by atoms with Crippen LogP contribution in [-0.4, -0.2) is 23.8 Å². The molecule has 0 amide bonds. The van der Waals surface area contributed by atoms with Crippen LogP contribution < -0.4 is 4.74 Å². The standard InChI is InChI=1S/C10H9NO3/c12-6-11-8-4-7-2-1-3-9(13)10(7)14-5-8/h1-3,8,13H,4-5H2. The first-order valence-electron chi connectivity index (χ1n) is 4.32. The number of fused-ring (bicyclic) bond motifs is 1. The molecule has 1 aliphatic rings. The number of aliphatic imine (C=N–C) groups is 1. The molecular weight excluding hydrogens is 182 g/mol. The number of ether oxygens (including phenoxy) is 1. The normalized spacial score (nSPS) is 19.0. The van der Waals surface area contributed by atoms with Crippen LogP contribution in [0.4, 0.5) is 0 Å². The number of carbonyl (C=O) groups excluding carboxylic acids is 1. The van der Waals surface area contributed by atoms with Gasteiger partial charge in [-0.1, -0.05) is 12.1 Å². The van der Waals surface area contributed by atoms with Gasteiger partial charge in [-0.05, 0) is 6.07 Å². The molecule has 0 saturated carbocycles. The number of hydrogen-bond acceptors (Lipinski definition) is 4. The van der Waals surface area contributed by atoms with E-state index < -0.39 is 0 Å². The van der Waals surface area contributed by atoms with Crippen molar-refractivity contribution in [2.45, 2.75) is 12.5 Å². The zero-order chi connectivity index (χ0) is 9.97. The lowest BCUT2D eigenvalue weighted by molar-refractivity contribution is 0.251. The highest BCUT2D eigenvalue weighted by molar-refractivity contribution is 5.47. The fourth-order valence-electron chi connectivity index (χ4n) is 1.55. The number of nitrogens with zero attached hydrogens (tertiary/aromatic N) is 1. The largest absolute Gasteiger partial charge is 0.504 e. The van der Waals surface area contributed by atoms with E-state index in [4.69, 9.17) is 4.74 Å². The molecule has 1 aromatic rings. The summed E-state index contributed by atoms with van der Waals surface area (Å²) in [5, 5.41) is 9.44. The molecule has 1 aromatic carbocycles. The third-order valence-corrected chi connectivity index (χ3v) is 2.19. The lowest BCUT2D eigenvalue weighted by atomic mass is 10.0. The van der Waals surface area contributed by atoms with Crippen LogP contribution in [0.5, 0.6) is 11.5 Å². The van der Waals surface area contributed by atoms with Crippen LogP contribution >= 0.6 is 0 Å². The van der Waals surface area contributed by atoms with Gasteiger partial charge in [-0.25, -0.2) is 4.79 Å². The lowest BCUT2D eigenvalue weighted by Crippen LogP contribution is -2.24. The number of phenolic OH excluding ortho intramolecular Hbond substituents is 1. The SMILES string of the molecule is O=C=NC1COc2c(O)cccc2C1. The highest BCUT2D eigenvalue weighted by Gasteiger charge is 2.21. The predicted octanol–water partition coefficient (Wildman–Crippen LogP) is 1.03. The van der Waals surface area contributed by atoms with Crippen molar-refractivity contribution in [1.82, 2.24) is 0 Å². The van der Waals surface area contributed by atoms with Gasteiger partial charge < -0.3 is 9.84 Å². The first-order valence-corrected chi connectivity index (χ1v) is 4.32. The van der Waals surface area contributed by atoms with Gasteiger partial charge in [0.25, 0.3) is 0 Å². The Morgan fingerprint density at radius 3 is 3.21 bits per heavy atom. The van der Waals surface area contributed by atoms with Crippen LogP contribution in [-0.2, 0) is 11.2 Å². The highest BCUT2D eigenvalue weighted by atomic mass is 16.5. The molecule has 1 heterocycles. The number of benzene rings is 1. The van der Waals surface area contributed by atoms with Crippen molar-refractivity contribution >= 4 is 6.08 Å². The fourth-order valence-corrected chi connectivity index (χ4v) is 1.55. The average molecular weight is 191 g/mol. The molecule has 0 aliphatic carbocycles. The van der Waals surface area contributed by atoms with Gasteiger partial charge in [0.2, 0.25) is 6.08 Å². The van der Waals surface area contributed by atoms with E-state index in [1.165, 1.54) is 6.08 Å². The monoisotopic (exact) mass is 191 g/mol. The zero-order valence-electron chi connectivity index (χ0n) is 7.43. The maximum absolute atomic E-state index is 10.1. The van der Waals surface area contributed by atoms with E-state index in [1.807, 2.05) is 6.07 Å². The van der Waals surface area contributed by atoms with Crippen molar-refractivity contribution in [3.63, 3.8) is 0 Å². The minimum atomic E-state index is -0.179. The Morgan fingerprint density at radius 2 is 2.43 bits per heavy atom. The van der Waals surface area contributed by atoms with E-state index in [0.29, 0.717) is 18.8 Å². The molecule has 72 valence electrons. The first-order chi connectivity index (χ1) is 6.81. The second-order valence-electron chi connectivity index (χ2n) is 3.15. The molecule has 1 unspecified atom stereocenters. The van der Waals surface area contributed by atoms with Crippen molar-refractivity contribution in [2.24, 2.45) is 4.99 Å². The Balaban J connectivity index is 2.31. The maximum Gasteiger partial charge on any atom is 0.235 e. The van der Waals surface area contributed by atoms with E-state index in [1.54, 1.807) is 12.1 Å². The number of aromatic hydroxyl groups is 1. The van der Waals surface area contributed by atoms with Gasteiger partial charge >= 0.3 is 0 Å². The number of para-hydroxylation sites is 1. The summed E-state index contributed by atoms with van der Waals surface area (Å²) in [4.78, 5) is 13.7. The molecule has 0 saturated heterocycles. The molecular formula is C10H9NO3. The Labute approximate surface area is 80.8 Å². The summed E-state index contributed by atoms with van der Waals surface area (Å²) >= 11 is 0. The van der Waals surface area contributed by atoms with E-state index in [2.05, 4.69) is 4.99 Å². The van der Waals surface area contributed by atoms with Crippen LogP contribution in [0, 0.1) is 0 Å². The Hall–Kier alpha value is -1.80. The smallest absolute Gasteiger partial charge is 0.235 e. The van der Waals surface area contributed by atoms with Crippen molar-refractivity contribution in [3.05, 3.63) is 23.8 Å². The molecule has 1 N–H and O–H groups in total. The Kier molecular flexibility index (Phi) is 2.21. The topological polar surface area (TPSA) is 58.9 Å². The summed E-state index contributed by atoms with van der Waals surface area (Å²) in [6.45, 7) is 0.319. The molecule has 14 heavy (non-hydrogen) atoms. The van der Waals surface area contributed by atoms with Gasteiger partial charge in [-0.2, -0.15) is 4.99 Å². The second-order valence-corrected chi connectivity index (χ2v) is 3.15. The van der Waals surface area contributed by atoms with Gasteiger partial charge in [-0.15, -0.1) is 0 Å². The van der Waals surface area contributed by atoms with Crippen LogP contribution in [0.2, 0.25) is 0 Å². The minimum Gasteiger partial charge on any atom is -0.504 e. The Bertz CT molecular complexity index is 396. The van der Waals surface area contributed by atoms with E-state index in [9.17, 15) is 9.90 Å². The third kappa shape index (κ3) is 1.47. The molecule has 2 rings (SSSR count). The molecule has 0 radical (unpaired) electrons. The molecule has 0 spiro atoms. The number of isocyanates is 1. The maximum atomic E-state index is 10.1. The van der Waals surface area contributed by atoms with Crippen molar-refractivity contribution in [1.29, 1.82) is 0 Å². The molecule has 1 atom stereocenters. The Morgan fingerprint density at radius 1 is 1.57 bits per heavy atom. The van der Waals surface area contributed by atoms with Crippen molar-refractivity contribution < 1.29 is 14.6 Å². The molecule has 4 nitrogen and oxygen atoms in total. The number of rotatable bonds is 1. The summed E-state index contributed by atoms with van der Waals surface area (Å²) in [7, 11) is 0. The molecule has 0 bridgehead atoms. The predicted molar refractivity (Wildman–Crippen MR) is 49.2 cm³/mol. The van der Waals surface area contributed by atoms with E-state index in [0.717, 1.165) is 5.56 Å². The van der Waals surface area contributed by atoms with Crippen LogP contribution in [0.3, 0.4) is 0 Å². The summed E-state index contributed by atoms with van der Waals surface area (Å²) in [6, 6.07) is 4.98. The molecule has 0 aromatic heterocycles. The van der Waals surface area contributed by atoms with E-state index >= 15 is 0 Å². The molecule has 4 heteroatoms. The number of phenols is 1. The first kappa shape index (κ1) is 8.78.